The standard InChI is InChI=1S/C14H15NO4/c1-15-11-3-2-9(4-10(11)5-12(15)16)6-14(13(17)18)7-19-8-14/h2-4H,5-8H2,1H3,(H,17,18). The van der Waals surface area contributed by atoms with Gasteiger partial charge in [0.1, 0.15) is 5.41 Å². The van der Waals surface area contributed by atoms with E-state index >= 15 is 0 Å². The monoisotopic (exact) mass is 261 g/mol. The van der Waals surface area contributed by atoms with Crippen LogP contribution in [-0.2, 0) is 27.2 Å². The van der Waals surface area contributed by atoms with Crippen molar-refractivity contribution < 1.29 is 19.4 Å². The van der Waals surface area contributed by atoms with Crippen LogP contribution >= 0.6 is 0 Å². The molecule has 1 saturated heterocycles. The van der Waals surface area contributed by atoms with Crippen LogP contribution < -0.4 is 4.90 Å². The van der Waals surface area contributed by atoms with Crippen molar-refractivity contribution in [2.24, 2.45) is 5.41 Å². The largest absolute Gasteiger partial charge is 0.481 e. The van der Waals surface area contributed by atoms with Crippen LogP contribution in [0.25, 0.3) is 0 Å². The molecule has 1 N–H and O–H groups in total. The number of carbonyl (C=O) groups is 2. The molecule has 5 heteroatoms. The zero-order chi connectivity index (χ0) is 13.6. The predicted octanol–water partition coefficient (Wildman–Crippen LogP) is 0.849. The van der Waals surface area contributed by atoms with E-state index in [-0.39, 0.29) is 19.1 Å². The average molecular weight is 261 g/mol. The Kier molecular flexibility index (Phi) is 2.60. The Morgan fingerprint density at radius 1 is 1.47 bits per heavy atom. The van der Waals surface area contributed by atoms with E-state index < -0.39 is 11.4 Å². The molecule has 0 atom stereocenters. The topological polar surface area (TPSA) is 66.8 Å². The minimum absolute atomic E-state index is 0.0760. The Balaban J connectivity index is 1.86. The van der Waals surface area contributed by atoms with Crippen molar-refractivity contribution in [3.63, 3.8) is 0 Å². The Bertz CT molecular complexity index is 563. The lowest BCUT2D eigenvalue weighted by Crippen LogP contribution is -2.50. The minimum Gasteiger partial charge on any atom is -0.481 e. The number of aliphatic carboxylic acids is 1. The summed E-state index contributed by atoms with van der Waals surface area (Å²) >= 11 is 0. The van der Waals surface area contributed by atoms with Crippen LogP contribution in [-0.4, -0.2) is 37.2 Å². The summed E-state index contributed by atoms with van der Waals surface area (Å²) in [5, 5.41) is 9.28. The summed E-state index contributed by atoms with van der Waals surface area (Å²) in [5.41, 5.74) is 2.06. The number of carboxylic acids is 1. The molecule has 0 spiro atoms. The van der Waals surface area contributed by atoms with Crippen LogP contribution in [0.2, 0.25) is 0 Å². The SMILES string of the molecule is CN1C(=O)Cc2cc(CC3(C(=O)O)COC3)ccc21. The van der Waals surface area contributed by atoms with Crippen LogP contribution in [0.15, 0.2) is 18.2 Å². The zero-order valence-electron chi connectivity index (χ0n) is 10.7. The number of carboxylic acid groups (broad SMARTS) is 1. The first kappa shape index (κ1) is 12.2. The number of hydrogen-bond acceptors (Lipinski definition) is 3. The molecular formula is C14H15NO4. The number of rotatable bonds is 3. The van der Waals surface area contributed by atoms with E-state index in [1.807, 2.05) is 18.2 Å². The third-order valence-corrected chi connectivity index (χ3v) is 3.97. The van der Waals surface area contributed by atoms with Gasteiger partial charge in [-0.2, -0.15) is 0 Å². The van der Waals surface area contributed by atoms with Crippen molar-refractivity contribution in [3.8, 4) is 0 Å². The van der Waals surface area contributed by atoms with Gasteiger partial charge in [-0.05, 0) is 23.6 Å². The molecule has 3 rings (SSSR count). The normalized spacial score (nSPS) is 20.1. The first-order chi connectivity index (χ1) is 9.02. The number of carbonyl (C=O) groups excluding carboxylic acids is 1. The molecule has 2 aliphatic rings. The first-order valence-corrected chi connectivity index (χ1v) is 6.21. The molecule has 0 bridgehead atoms. The minimum atomic E-state index is -0.813. The second-order valence-corrected chi connectivity index (χ2v) is 5.35. The van der Waals surface area contributed by atoms with Gasteiger partial charge in [0.25, 0.3) is 0 Å². The quantitative estimate of drug-likeness (QED) is 0.876. The summed E-state index contributed by atoms with van der Waals surface area (Å²) in [6, 6.07) is 5.74. The van der Waals surface area contributed by atoms with Crippen LogP contribution in [0.5, 0.6) is 0 Å². The Hall–Kier alpha value is -1.88. The molecule has 19 heavy (non-hydrogen) atoms. The molecule has 1 aromatic carbocycles. The molecule has 0 radical (unpaired) electrons. The highest BCUT2D eigenvalue weighted by atomic mass is 16.5. The van der Waals surface area contributed by atoms with Gasteiger partial charge < -0.3 is 14.7 Å². The highest BCUT2D eigenvalue weighted by molar-refractivity contribution is 6.00. The number of amides is 1. The summed E-state index contributed by atoms with van der Waals surface area (Å²) in [7, 11) is 1.76. The maximum atomic E-state index is 11.6. The molecule has 0 aromatic heterocycles. The average Bonchev–Trinajstić information content (AvgIpc) is 2.59. The van der Waals surface area contributed by atoms with E-state index in [4.69, 9.17) is 4.74 Å². The summed E-state index contributed by atoms with van der Waals surface area (Å²) in [6.07, 6.45) is 0.851. The molecule has 2 aliphatic heterocycles. The lowest BCUT2D eigenvalue weighted by Gasteiger charge is -2.37. The molecule has 1 amide bonds. The van der Waals surface area contributed by atoms with Crippen molar-refractivity contribution in [1.82, 2.24) is 0 Å². The lowest BCUT2D eigenvalue weighted by atomic mass is 9.79. The maximum Gasteiger partial charge on any atom is 0.314 e. The maximum absolute atomic E-state index is 11.6. The molecule has 0 aliphatic carbocycles. The third kappa shape index (κ3) is 1.81. The van der Waals surface area contributed by atoms with Crippen LogP contribution in [0, 0.1) is 5.41 Å². The summed E-state index contributed by atoms with van der Waals surface area (Å²) < 4.78 is 5.06. The van der Waals surface area contributed by atoms with E-state index in [1.54, 1.807) is 11.9 Å². The van der Waals surface area contributed by atoms with Gasteiger partial charge in [-0.25, -0.2) is 0 Å². The highest BCUT2D eigenvalue weighted by Crippen LogP contribution is 2.35. The lowest BCUT2D eigenvalue weighted by molar-refractivity contribution is -0.179. The van der Waals surface area contributed by atoms with Gasteiger partial charge in [-0.1, -0.05) is 12.1 Å². The first-order valence-electron chi connectivity index (χ1n) is 6.21. The van der Waals surface area contributed by atoms with Crippen molar-refractivity contribution >= 4 is 17.6 Å². The number of likely N-dealkylation sites (N-methyl/N-ethyl adjacent to an activating group) is 1. The van der Waals surface area contributed by atoms with Crippen LogP contribution in [0.1, 0.15) is 11.1 Å². The molecular weight excluding hydrogens is 246 g/mol. The van der Waals surface area contributed by atoms with Gasteiger partial charge in [-0.15, -0.1) is 0 Å². The van der Waals surface area contributed by atoms with Gasteiger partial charge in [0.15, 0.2) is 0 Å². The van der Waals surface area contributed by atoms with E-state index in [2.05, 4.69) is 0 Å². The molecule has 0 saturated carbocycles. The number of benzene rings is 1. The van der Waals surface area contributed by atoms with Crippen LogP contribution in [0.3, 0.4) is 0 Å². The molecule has 2 heterocycles. The summed E-state index contributed by atoms with van der Waals surface area (Å²) in [6.45, 7) is 0.524. The molecule has 0 unspecified atom stereocenters. The third-order valence-electron chi connectivity index (χ3n) is 3.97. The fourth-order valence-electron chi connectivity index (χ4n) is 2.67. The number of ether oxygens (including phenoxy) is 1. The Labute approximate surface area is 110 Å². The van der Waals surface area contributed by atoms with Gasteiger partial charge in [-0.3, -0.25) is 9.59 Å². The fraction of sp³-hybridized carbons (Fsp3) is 0.429. The van der Waals surface area contributed by atoms with Gasteiger partial charge in [0, 0.05) is 12.7 Å². The summed E-state index contributed by atoms with van der Waals surface area (Å²) in [4.78, 5) is 24.6. The molecule has 1 fully saturated rings. The van der Waals surface area contributed by atoms with Crippen molar-refractivity contribution in [2.75, 3.05) is 25.2 Å². The summed E-state index contributed by atoms with van der Waals surface area (Å²) in [5.74, 6) is -0.737. The molecule has 1 aromatic rings. The van der Waals surface area contributed by atoms with E-state index in [9.17, 15) is 14.7 Å². The Morgan fingerprint density at radius 3 is 2.79 bits per heavy atom. The van der Waals surface area contributed by atoms with E-state index in [0.29, 0.717) is 12.8 Å². The second kappa shape index (κ2) is 4.06. The van der Waals surface area contributed by atoms with Crippen molar-refractivity contribution in [3.05, 3.63) is 29.3 Å². The predicted molar refractivity (Wildman–Crippen MR) is 68.1 cm³/mol. The Morgan fingerprint density at radius 2 is 2.21 bits per heavy atom. The molecule has 5 nitrogen and oxygen atoms in total. The number of hydrogen-bond donors (Lipinski definition) is 1. The van der Waals surface area contributed by atoms with E-state index in [0.717, 1.165) is 16.8 Å². The van der Waals surface area contributed by atoms with E-state index in [1.165, 1.54) is 0 Å². The van der Waals surface area contributed by atoms with Gasteiger partial charge >= 0.3 is 5.97 Å². The van der Waals surface area contributed by atoms with Crippen molar-refractivity contribution in [1.29, 1.82) is 0 Å². The molecule has 100 valence electrons. The number of anilines is 1. The second-order valence-electron chi connectivity index (χ2n) is 5.35. The van der Waals surface area contributed by atoms with Crippen LogP contribution in [0.4, 0.5) is 5.69 Å². The number of fused-ring (bicyclic) bond motifs is 1. The zero-order valence-corrected chi connectivity index (χ0v) is 10.7. The highest BCUT2D eigenvalue weighted by Gasteiger charge is 2.46. The van der Waals surface area contributed by atoms with Gasteiger partial charge in [0.05, 0.1) is 19.6 Å². The fourth-order valence-corrected chi connectivity index (χ4v) is 2.67. The smallest absolute Gasteiger partial charge is 0.314 e. The number of nitrogens with zero attached hydrogens (tertiary/aromatic N) is 1. The van der Waals surface area contributed by atoms with Crippen molar-refractivity contribution in [2.45, 2.75) is 12.8 Å². The van der Waals surface area contributed by atoms with Gasteiger partial charge in [0.2, 0.25) is 5.91 Å².